The maximum atomic E-state index is 6.16. The second-order valence-electron chi connectivity index (χ2n) is 3.57. The van der Waals surface area contributed by atoms with Crippen molar-refractivity contribution >= 4 is 57.0 Å². The van der Waals surface area contributed by atoms with Gasteiger partial charge in [-0.3, -0.25) is 0 Å². The van der Waals surface area contributed by atoms with Crippen LogP contribution in [-0.2, 0) is 0 Å². The van der Waals surface area contributed by atoms with Crippen molar-refractivity contribution in [2.24, 2.45) is 0 Å². The van der Waals surface area contributed by atoms with Gasteiger partial charge in [-0.2, -0.15) is 0 Å². The summed E-state index contributed by atoms with van der Waals surface area (Å²) in [7, 11) is 0. The van der Waals surface area contributed by atoms with E-state index in [1.165, 1.54) is 11.3 Å². The predicted octanol–water partition coefficient (Wildman–Crippen LogP) is 5.32. The van der Waals surface area contributed by atoms with Gasteiger partial charge < -0.3 is 0 Å². The Morgan fingerprint density at radius 3 is 2.50 bits per heavy atom. The SMILES string of the molecule is Clc1ccsc1-c1nc(Cl)c2cccc(Cl)c2n1. The van der Waals surface area contributed by atoms with Gasteiger partial charge in [0, 0.05) is 5.39 Å². The van der Waals surface area contributed by atoms with Crippen molar-refractivity contribution in [2.75, 3.05) is 0 Å². The minimum atomic E-state index is 0.377. The first-order chi connectivity index (χ1) is 8.66. The monoisotopic (exact) mass is 314 g/mol. The van der Waals surface area contributed by atoms with Crippen LogP contribution in [0.2, 0.25) is 15.2 Å². The van der Waals surface area contributed by atoms with E-state index in [0.29, 0.717) is 26.5 Å². The summed E-state index contributed by atoms with van der Waals surface area (Å²) >= 11 is 19.8. The Labute approximate surface area is 122 Å². The highest BCUT2D eigenvalue weighted by molar-refractivity contribution is 7.14. The standard InChI is InChI=1S/C12H5Cl3N2S/c13-7-3-1-2-6-9(7)16-12(17-11(6)15)10-8(14)4-5-18-10/h1-5H. The number of para-hydroxylation sites is 1. The molecule has 0 fully saturated rings. The Morgan fingerprint density at radius 1 is 0.944 bits per heavy atom. The molecule has 0 atom stereocenters. The first-order valence-electron chi connectivity index (χ1n) is 5.02. The summed E-state index contributed by atoms with van der Waals surface area (Å²) in [6.45, 7) is 0. The van der Waals surface area contributed by atoms with Crippen LogP contribution in [0, 0.1) is 0 Å². The third-order valence-electron chi connectivity index (χ3n) is 2.45. The number of hydrogen-bond donors (Lipinski definition) is 0. The van der Waals surface area contributed by atoms with E-state index in [2.05, 4.69) is 9.97 Å². The van der Waals surface area contributed by atoms with E-state index < -0.39 is 0 Å². The van der Waals surface area contributed by atoms with E-state index in [4.69, 9.17) is 34.8 Å². The number of hydrogen-bond acceptors (Lipinski definition) is 3. The molecule has 0 spiro atoms. The molecule has 0 bridgehead atoms. The van der Waals surface area contributed by atoms with Gasteiger partial charge in [-0.05, 0) is 23.6 Å². The fraction of sp³-hybridized carbons (Fsp3) is 0. The lowest BCUT2D eigenvalue weighted by molar-refractivity contribution is 1.24. The van der Waals surface area contributed by atoms with Gasteiger partial charge in [0.2, 0.25) is 0 Å². The Balaban J connectivity index is 2.34. The molecule has 3 rings (SSSR count). The fourth-order valence-corrected chi connectivity index (χ4v) is 3.16. The zero-order valence-electron chi connectivity index (χ0n) is 8.82. The molecule has 6 heteroatoms. The molecular weight excluding hydrogens is 311 g/mol. The number of halogens is 3. The largest absolute Gasteiger partial charge is 0.226 e. The van der Waals surface area contributed by atoms with Gasteiger partial charge in [0.25, 0.3) is 0 Å². The van der Waals surface area contributed by atoms with E-state index >= 15 is 0 Å². The molecule has 0 N–H and O–H groups in total. The second kappa shape index (κ2) is 4.67. The van der Waals surface area contributed by atoms with Gasteiger partial charge in [0.15, 0.2) is 5.82 Å². The van der Waals surface area contributed by atoms with Crippen LogP contribution in [0.4, 0.5) is 0 Å². The molecule has 0 saturated carbocycles. The van der Waals surface area contributed by atoms with Crippen molar-refractivity contribution in [3.8, 4) is 10.7 Å². The first kappa shape index (κ1) is 12.2. The van der Waals surface area contributed by atoms with Crippen LogP contribution in [0.5, 0.6) is 0 Å². The average molecular weight is 316 g/mol. The zero-order chi connectivity index (χ0) is 12.7. The van der Waals surface area contributed by atoms with Crippen LogP contribution in [0.25, 0.3) is 21.6 Å². The molecule has 1 aromatic carbocycles. The highest BCUT2D eigenvalue weighted by atomic mass is 35.5. The second-order valence-corrected chi connectivity index (χ2v) is 5.66. The molecule has 3 aromatic rings. The minimum Gasteiger partial charge on any atom is -0.226 e. The van der Waals surface area contributed by atoms with Crippen molar-refractivity contribution in [1.29, 1.82) is 0 Å². The third-order valence-corrected chi connectivity index (χ3v) is 4.38. The number of thiophene rings is 1. The summed E-state index contributed by atoms with van der Waals surface area (Å²) in [4.78, 5) is 9.50. The smallest absolute Gasteiger partial charge is 0.173 e. The Kier molecular flexibility index (Phi) is 3.16. The van der Waals surface area contributed by atoms with Gasteiger partial charge in [-0.15, -0.1) is 11.3 Å². The molecule has 2 heterocycles. The third kappa shape index (κ3) is 1.97. The molecule has 0 unspecified atom stereocenters. The van der Waals surface area contributed by atoms with E-state index in [9.17, 15) is 0 Å². The van der Waals surface area contributed by atoms with Crippen LogP contribution in [-0.4, -0.2) is 9.97 Å². The van der Waals surface area contributed by atoms with Crippen molar-refractivity contribution in [1.82, 2.24) is 9.97 Å². The van der Waals surface area contributed by atoms with Crippen LogP contribution >= 0.6 is 46.1 Å². The summed E-state index contributed by atoms with van der Waals surface area (Å²) in [6, 6.07) is 7.23. The van der Waals surface area contributed by atoms with Crippen LogP contribution < -0.4 is 0 Å². The number of benzene rings is 1. The number of aromatic nitrogens is 2. The van der Waals surface area contributed by atoms with E-state index in [1.807, 2.05) is 17.5 Å². The summed E-state index contributed by atoms with van der Waals surface area (Å²) in [5, 5.41) is 4.15. The van der Waals surface area contributed by atoms with E-state index in [-0.39, 0.29) is 0 Å². The number of fused-ring (bicyclic) bond motifs is 1. The summed E-state index contributed by atoms with van der Waals surface area (Å²) < 4.78 is 0. The molecule has 0 aliphatic rings. The Morgan fingerprint density at radius 2 is 1.78 bits per heavy atom. The van der Waals surface area contributed by atoms with Crippen molar-refractivity contribution in [3.63, 3.8) is 0 Å². The van der Waals surface area contributed by atoms with Gasteiger partial charge >= 0.3 is 0 Å². The lowest BCUT2D eigenvalue weighted by Crippen LogP contribution is -1.91. The molecule has 0 radical (unpaired) electrons. The van der Waals surface area contributed by atoms with Crippen molar-refractivity contribution in [3.05, 3.63) is 44.8 Å². The molecule has 18 heavy (non-hydrogen) atoms. The molecule has 0 saturated heterocycles. The van der Waals surface area contributed by atoms with Gasteiger partial charge in [-0.25, -0.2) is 9.97 Å². The summed E-state index contributed by atoms with van der Waals surface area (Å²) in [6.07, 6.45) is 0. The van der Waals surface area contributed by atoms with Crippen LogP contribution in [0.3, 0.4) is 0 Å². The molecule has 2 nitrogen and oxygen atoms in total. The van der Waals surface area contributed by atoms with Gasteiger partial charge in [-0.1, -0.05) is 40.9 Å². The predicted molar refractivity (Wildman–Crippen MR) is 77.9 cm³/mol. The maximum absolute atomic E-state index is 6.16. The van der Waals surface area contributed by atoms with E-state index in [1.54, 1.807) is 12.1 Å². The lowest BCUT2D eigenvalue weighted by atomic mass is 10.2. The topological polar surface area (TPSA) is 25.8 Å². The van der Waals surface area contributed by atoms with Crippen molar-refractivity contribution < 1.29 is 0 Å². The zero-order valence-corrected chi connectivity index (χ0v) is 11.9. The highest BCUT2D eigenvalue weighted by Gasteiger charge is 2.13. The van der Waals surface area contributed by atoms with Gasteiger partial charge in [0.05, 0.1) is 20.4 Å². The fourth-order valence-electron chi connectivity index (χ4n) is 1.63. The molecule has 2 aromatic heterocycles. The molecule has 0 aliphatic heterocycles. The first-order valence-corrected chi connectivity index (χ1v) is 7.03. The molecule has 0 amide bonds. The number of nitrogens with zero attached hydrogens (tertiary/aromatic N) is 2. The highest BCUT2D eigenvalue weighted by Crippen LogP contribution is 2.34. The lowest BCUT2D eigenvalue weighted by Gasteiger charge is -2.04. The van der Waals surface area contributed by atoms with Crippen LogP contribution in [0.1, 0.15) is 0 Å². The van der Waals surface area contributed by atoms with Crippen LogP contribution in [0.15, 0.2) is 29.6 Å². The Bertz CT molecular complexity index is 739. The quantitative estimate of drug-likeness (QED) is 0.568. The minimum absolute atomic E-state index is 0.377. The molecule has 90 valence electrons. The van der Waals surface area contributed by atoms with Gasteiger partial charge in [0.1, 0.15) is 5.15 Å². The molecular formula is C12H5Cl3N2S. The summed E-state index contributed by atoms with van der Waals surface area (Å²) in [5.41, 5.74) is 0.638. The Hall–Kier alpha value is -0.870. The number of rotatable bonds is 1. The van der Waals surface area contributed by atoms with Crippen molar-refractivity contribution in [2.45, 2.75) is 0 Å². The average Bonchev–Trinajstić information content (AvgIpc) is 2.77. The molecule has 0 aliphatic carbocycles. The van der Waals surface area contributed by atoms with E-state index in [0.717, 1.165) is 10.3 Å². The normalized spacial score (nSPS) is 11.1. The summed E-state index contributed by atoms with van der Waals surface area (Å²) in [5.74, 6) is 0.501. The maximum Gasteiger partial charge on any atom is 0.173 e.